The third-order valence-corrected chi connectivity index (χ3v) is 5.32. The molecular formula is C22H19FN4O2. The number of aryl methyl sites for hydroxylation is 1. The number of benzene rings is 2. The first-order valence-electron chi connectivity index (χ1n) is 9.57. The minimum atomic E-state index is -0.360. The maximum absolute atomic E-state index is 13.2. The lowest BCUT2D eigenvalue weighted by atomic mass is 10.2. The Kier molecular flexibility index (Phi) is 3.97. The Morgan fingerprint density at radius 3 is 2.38 bits per heavy atom. The second-order valence-electron chi connectivity index (χ2n) is 7.53. The summed E-state index contributed by atoms with van der Waals surface area (Å²) in [7, 11) is 0. The van der Waals surface area contributed by atoms with Crippen LogP contribution in [0.15, 0.2) is 64.4 Å². The average Bonchev–Trinajstić information content (AvgIpc) is 3.45. The maximum atomic E-state index is 13.2. The van der Waals surface area contributed by atoms with E-state index in [1.165, 1.54) is 21.3 Å². The number of halogens is 1. The van der Waals surface area contributed by atoms with E-state index in [4.69, 9.17) is 0 Å². The van der Waals surface area contributed by atoms with Gasteiger partial charge in [-0.2, -0.15) is 0 Å². The lowest BCUT2D eigenvalue weighted by Gasteiger charge is -2.12. The molecule has 1 aliphatic rings. The standard InChI is InChI=1S/C22H19FN4O2/c1-14-2-8-17(9-3-14)26-20-19(21(28)27(22(26)29)18-10-11-18)25(13-24-20)12-15-4-6-16(23)7-5-15/h2-9,13,18H,10-12H2,1H3. The monoisotopic (exact) mass is 390 g/mol. The Morgan fingerprint density at radius 1 is 1.03 bits per heavy atom. The highest BCUT2D eigenvalue weighted by atomic mass is 19.1. The molecule has 146 valence electrons. The minimum Gasteiger partial charge on any atom is -0.320 e. The van der Waals surface area contributed by atoms with E-state index in [0.29, 0.717) is 23.4 Å². The summed E-state index contributed by atoms with van der Waals surface area (Å²) in [6.45, 7) is 2.34. The van der Waals surface area contributed by atoms with Crippen LogP contribution in [-0.2, 0) is 6.54 Å². The van der Waals surface area contributed by atoms with Gasteiger partial charge in [-0.25, -0.2) is 18.7 Å². The van der Waals surface area contributed by atoms with Gasteiger partial charge >= 0.3 is 5.69 Å². The van der Waals surface area contributed by atoms with Crippen LogP contribution in [0.3, 0.4) is 0 Å². The molecule has 0 atom stereocenters. The van der Waals surface area contributed by atoms with Crippen molar-refractivity contribution in [1.29, 1.82) is 0 Å². The quantitative estimate of drug-likeness (QED) is 0.538. The zero-order valence-electron chi connectivity index (χ0n) is 15.9. The summed E-state index contributed by atoms with van der Waals surface area (Å²) in [6, 6.07) is 13.6. The Bertz CT molecular complexity index is 1330. The van der Waals surface area contributed by atoms with Crippen LogP contribution in [0.5, 0.6) is 0 Å². The van der Waals surface area contributed by atoms with E-state index < -0.39 is 0 Å². The van der Waals surface area contributed by atoms with Crippen molar-refractivity contribution in [2.45, 2.75) is 32.4 Å². The smallest absolute Gasteiger partial charge is 0.320 e. The van der Waals surface area contributed by atoms with Gasteiger partial charge in [0.1, 0.15) is 5.82 Å². The number of hydrogen-bond donors (Lipinski definition) is 0. The predicted octanol–water partition coefficient (Wildman–Crippen LogP) is 3.18. The number of nitrogens with zero attached hydrogens (tertiary/aromatic N) is 4. The third kappa shape index (κ3) is 2.99. The van der Waals surface area contributed by atoms with E-state index in [9.17, 15) is 14.0 Å². The average molecular weight is 390 g/mol. The van der Waals surface area contributed by atoms with E-state index in [1.807, 2.05) is 31.2 Å². The molecule has 1 saturated carbocycles. The van der Waals surface area contributed by atoms with Crippen LogP contribution < -0.4 is 11.2 Å². The van der Waals surface area contributed by atoms with E-state index in [-0.39, 0.29) is 23.1 Å². The van der Waals surface area contributed by atoms with Gasteiger partial charge in [-0.3, -0.25) is 9.36 Å². The van der Waals surface area contributed by atoms with Gasteiger partial charge in [-0.15, -0.1) is 0 Å². The molecule has 0 N–H and O–H groups in total. The first kappa shape index (κ1) is 17.6. The van der Waals surface area contributed by atoms with Gasteiger partial charge in [0, 0.05) is 12.6 Å². The molecular weight excluding hydrogens is 371 g/mol. The summed E-state index contributed by atoms with van der Waals surface area (Å²) in [5.74, 6) is -0.312. The molecule has 29 heavy (non-hydrogen) atoms. The largest absolute Gasteiger partial charge is 0.337 e. The molecule has 0 radical (unpaired) electrons. The summed E-state index contributed by atoms with van der Waals surface area (Å²) in [5.41, 5.74) is 2.62. The molecule has 0 unspecified atom stereocenters. The van der Waals surface area contributed by atoms with Crippen molar-refractivity contribution in [3.63, 3.8) is 0 Å². The zero-order valence-corrected chi connectivity index (χ0v) is 15.9. The van der Waals surface area contributed by atoms with Crippen molar-refractivity contribution in [2.24, 2.45) is 0 Å². The van der Waals surface area contributed by atoms with Gasteiger partial charge in [0.25, 0.3) is 5.56 Å². The summed E-state index contributed by atoms with van der Waals surface area (Å²) in [6.07, 6.45) is 3.21. The summed E-state index contributed by atoms with van der Waals surface area (Å²) in [4.78, 5) is 30.8. The number of fused-ring (bicyclic) bond motifs is 1. The summed E-state index contributed by atoms with van der Waals surface area (Å²) >= 11 is 0. The molecule has 5 rings (SSSR count). The van der Waals surface area contributed by atoms with Crippen LogP contribution in [0.1, 0.15) is 30.0 Å². The van der Waals surface area contributed by atoms with E-state index in [2.05, 4.69) is 4.98 Å². The van der Waals surface area contributed by atoms with Crippen molar-refractivity contribution < 1.29 is 4.39 Å². The van der Waals surface area contributed by atoms with Crippen molar-refractivity contribution in [1.82, 2.24) is 18.7 Å². The second kappa shape index (κ2) is 6.55. The van der Waals surface area contributed by atoms with Crippen LogP contribution in [-0.4, -0.2) is 18.7 Å². The maximum Gasteiger partial charge on any atom is 0.337 e. The molecule has 7 heteroatoms. The Balaban J connectivity index is 1.76. The molecule has 1 aliphatic carbocycles. The molecule has 4 aromatic rings. The molecule has 0 bridgehead atoms. The molecule has 2 heterocycles. The fourth-order valence-electron chi connectivity index (χ4n) is 3.64. The normalized spacial score (nSPS) is 13.9. The Morgan fingerprint density at radius 2 is 1.72 bits per heavy atom. The van der Waals surface area contributed by atoms with E-state index in [1.54, 1.807) is 23.0 Å². The van der Waals surface area contributed by atoms with Gasteiger partial charge in [0.15, 0.2) is 11.2 Å². The van der Waals surface area contributed by atoms with Gasteiger partial charge < -0.3 is 4.57 Å². The molecule has 0 saturated heterocycles. The highest BCUT2D eigenvalue weighted by Gasteiger charge is 2.30. The van der Waals surface area contributed by atoms with E-state index in [0.717, 1.165) is 24.0 Å². The molecule has 6 nitrogen and oxygen atoms in total. The highest BCUT2D eigenvalue weighted by Crippen LogP contribution is 2.32. The van der Waals surface area contributed by atoms with Crippen LogP contribution in [0.25, 0.3) is 16.9 Å². The van der Waals surface area contributed by atoms with Gasteiger partial charge in [-0.1, -0.05) is 29.8 Å². The SMILES string of the molecule is Cc1ccc(-n2c(=O)n(C3CC3)c(=O)c3c2ncn3Cc2ccc(F)cc2)cc1. The highest BCUT2D eigenvalue weighted by molar-refractivity contribution is 5.72. The second-order valence-corrected chi connectivity index (χ2v) is 7.53. The first-order valence-corrected chi connectivity index (χ1v) is 9.57. The van der Waals surface area contributed by atoms with Gasteiger partial charge in [0.2, 0.25) is 0 Å². The minimum absolute atomic E-state index is 0.0646. The topological polar surface area (TPSA) is 61.8 Å². The van der Waals surface area contributed by atoms with Crippen LogP contribution in [0, 0.1) is 12.7 Å². The number of hydrogen-bond acceptors (Lipinski definition) is 3. The van der Waals surface area contributed by atoms with E-state index >= 15 is 0 Å². The van der Waals surface area contributed by atoms with Crippen LogP contribution in [0.2, 0.25) is 0 Å². The van der Waals surface area contributed by atoms with Crippen LogP contribution >= 0.6 is 0 Å². The van der Waals surface area contributed by atoms with Crippen molar-refractivity contribution in [3.8, 4) is 5.69 Å². The number of imidazole rings is 1. The number of aromatic nitrogens is 4. The first-order chi connectivity index (χ1) is 14.0. The third-order valence-electron chi connectivity index (χ3n) is 5.32. The fourth-order valence-corrected chi connectivity index (χ4v) is 3.64. The Hall–Kier alpha value is -3.48. The predicted molar refractivity (Wildman–Crippen MR) is 108 cm³/mol. The van der Waals surface area contributed by atoms with Crippen LogP contribution in [0.4, 0.5) is 4.39 Å². The lowest BCUT2D eigenvalue weighted by molar-refractivity contribution is 0.626. The lowest BCUT2D eigenvalue weighted by Crippen LogP contribution is -2.39. The molecule has 0 aliphatic heterocycles. The molecule has 2 aromatic carbocycles. The Labute approximate surface area is 165 Å². The van der Waals surface area contributed by atoms with Crippen molar-refractivity contribution in [2.75, 3.05) is 0 Å². The summed E-state index contributed by atoms with van der Waals surface area (Å²) < 4.78 is 17.8. The van der Waals surface area contributed by atoms with Gasteiger partial charge in [-0.05, 0) is 49.6 Å². The van der Waals surface area contributed by atoms with Crippen molar-refractivity contribution >= 4 is 11.2 Å². The van der Waals surface area contributed by atoms with Gasteiger partial charge in [0.05, 0.1) is 12.0 Å². The summed E-state index contributed by atoms with van der Waals surface area (Å²) in [5, 5.41) is 0. The zero-order chi connectivity index (χ0) is 20.1. The molecule has 2 aromatic heterocycles. The molecule has 0 amide bonds. The molecule has 1 fully saturated rings. The van der Waals surface area contributed by atoms with Crippen molar-refractivity contribution in [3.05, 3.63) is 92.6 Å². The number of rotatable bonds is 4. The fraction of sp³-hybridized carbons (Fsp3) is 0.227. The molecule has 0 spiro atoms.